The summed E-state index contributed by atoms with van der Waals surface area (Å²) in [5, 5.41) is 0. The summed E-state index contributed by atoms with van der Waals surface area (Å²) in [4.78, 5) is -0.494. The molecule has 0 aliphatic rings. The first-order chi connectivity index (χ1) is 12.1. The maximum Gasteiger partial charge on any atom is 0.387 e. The number of hydrogen-bond donors (Lipinski definition) is 0. The van der Waals surface area contributed by atoms with E-state index >= 15 is 0 Å². The van der Waals surface area contributed by atoms with E-state index in [1.165, 1.54) is 38.4 Å². The maximum absolute atomic E-state index is 13.9. The molecule has 0 aliphatic heterocycles. The molecule has 0 fully saturated rings. The van der Waals surface area contributed by atoms with Crippen LogP contribution in [0.1, 0.15) is 5.56 Å². The number of alkyl halides is 2. The minimum absolute atomic E-state index is 0.0811. The molecule has 0 radical (unpaired) electrons. The summed E-state index contributed by atoms with van der Waals surface area (Å²) in [6.45, 7) is -3.24. The molecule has 0 spiro atoms. The van der Waals surface area contributed by atoms with Crippen molar-refractivity contribution in [2.45, 2.75) is 18.1 Å². The van der Waals surface area contributed by atoms with Crippen molar-refractivity contribution in [1.29, 1.82) is 0 Å². The van der Waals surface area contributed by atoms with E-state index in [2.05, 4.69) is 20.7 Å². The third kappa shape index (κ3) is 4.68. The first-order valence-corrected chi connectivity index (χ1v) is 9.41. The molecule has 0 unspecified atom stereocenters. The molecule has 2 aromatic rings. The number of halogens is 4. The summed E-state index contributed by atoms with van der Waals surface area (Å²) in [6, 6.07) is 7.70. The Kier molecular flexibility index (Phi) is 6.53. The molecule has 0 amide bonds. The van der Waals surface area contributed by atoms with Crippen LogP contribution in [0.2, 0.25) is 0 Å². The predicted octanol–water partition coefficient (Wildman–Crippen LogP) is 4.02. The standard InChI is InChI=1S/C16H15BrF3NO4S/c1-21(26(22,23)15-8-11(17)4-5-12(15)18)9-10-3-6-13(24-2)14(7-10)25-16(19)20/h3-8,16H,9H2,1-2H3. The van der Waals surface area contributed by atoms with E-state index in [9.17, 15) is 21.6 Å². The predicted molar refractivity (Wildman–Crippen MR) is 92.4 cm³/mol. The van der Waals surface area contributed by atoms with Gasteiger partial charge in [-0.25, -0.2) is 12.8 Å². The molecular weight excluding hydrogens is 439 g/mol. The van der Waals surface area contributed by atoms with E-state index in [1.807, 2.05) is 0 Å². The minimum Gasteiger partial charge on any atom is -0.493 e. The fourth-order valence-electron chi connectivity index (χ4n) is 2.19. The van der Waals surface area contributed by atoms with Crippen LogP contribution in [-0.4, -0.2) is 33.5 Å². The van der Waals surface area contributed by atoms with Gasteiger partial charge in [0.1, 0.15) is 10.7 Å². The van der Waals surface area contributed by atoms with Gasteiger partial charge in [-0.15, -0.1) is 0 Å². The molecule has 0 bridgehead atoms. The Morgan fingerprint density at radius 3 is 2.46 bits per heavy atom. The van der Waals surface area contributed by atoms with Crippen LogP contribution in [0.15, 0.2) is 45.8 Å². The van der Waals surface area contributed by atoms with Crippen LogP contribution >= 0.6 is 15.9 Å². The lowest BCUT2D eigenvalue weighted by Gasteiger charge is -2.19. The van der Waals surface area contributed by atoms with Crippen LogP contribution in [-0.2, 0) is 16.6 Å². The molecule has 26 heavy (non-hydrogen) atoms. The molecule has 5 nitrogen and oxygen atoms in total. The Morgan fingerprint density at radius 1 is 1.15 bits per heavy atom. The SMILES string of the molecule is COc1ccc(CN(C)S(=O)(=O)c2cc(Br)ccc2F)cc1OC(F)F. The minimum atomic E-state index is -4.13. The van der Waals surface area contributed by atoms with E-state index in [0.29, 0.717) is 10.0 Å². The molecule has 10 heteroatoms. The molecule has 0 atom stereocenters. The lowest BCUT2D eigenvalue weighted by molar-refractivity contribution is -0.0512. The van der Waals surface area contributed by atoms with Gasteiger partial charge >= 0.3 is 6.61 Å². The highest BCUT2D eigenvalue weighted by atomic mass is 79.9. The highest BCUT2D eigenvalue weighted by Crippen LogP contribution is 2.31. The largest absolute Gasteiger partial charge is 0.493 e. The van der Waals surface area contributed by atoms with Crippen LogP contribution in [0.4, 0.5) is 13.2 Å². The monoisotopic (exact) mass is 453 g/mol. The highest BCUT2D eigenvalue weighted by molar-refractivity contribution is 9.10. The summed E-state index contributed by atoms with van der Waals surface area (Å²) < 4.78 is 74.7. The molecule has 0 saturated carbocycles. The quantitative estimate of drug-likeness (QED) is 0.635. The normalized spacial score (nSPS) is 11.8. The number of hydrogen-bond acceptors (Lipinski definition) is 4. The Bertz CT molecular complexity index is 893. The van der Waals surface area contributed by atoms with E-state index in [-0.39, 0.29) is 18.0 Å². The van der Waals surface area contributed by atoms with Crippen LogP contribution < -0.4 is 9.47 Å². The first kappa shape index (κ1) is 20.5. The van der Waals surface area contributed by atoms with E-state index in [4.69, 9.17) is 4.74 Å². The lowest BCUT2D eigenvalue weighted by atomic mass is 10.2. The van der Waals surface area contributed by atoms with Crippen molar-refractivity contribution in [3.05, 3.63) is 52.3 Å². The zero-order valence-electron chi connectivity index (χ0n) is 13.7. The number of ether oxygens (including phenoxy) is 2. The molecule has 142 valence electrons. The number of rotatable bonds is 7. The van der Waals surface area contributed by atoms with Gasteiger partial charge in [0, 0.05) is 18.1 Å². The fraction of sp³-hybridized carbons (Fsp3) is 0.250. The third-order valence-corrected chi connectivity index (χ3v) is 5.74. The topological polar surface area (TPSA) is 55.8 Å². The van der Waals surface area contributed by atoms with Gasteiger partial charge in [-0.2, -0.15) is 13.1 Å². The van der Waals surface area contributed by atoms with Crippen molar-refractivity contribution in [2.24, 2.45) is 0 Å². The lowest BCUT2D eigenvalue weighted by Crippen LogP contribution is -2.27. The number of methoxy groups -OCH3 is 1. The van der Waals surface area contributed by atoms with Crippen molar-refractivity contribution in [2.75, 3.05) is 14.2 Å². The smallest absolute Gasteiger partial charge is 0.387 e. The fourth-order valence-corrected chi connectivity index (χ4v) is 3.95. The van der Waals surface area contributed by atoms with Crippen molar-refractivity contribution < 1.29 is 31.1 Å². The van der Waals surface area contributed by atoms with Gasteiger partial charge in [0.05, 0.1) is 7.11 Å². The second kappa shape index (κ2) is 8.28. The van der Waals surface area contributed by atoms with Crippen molar-refractivity contribution in [3.8, 4) is 11.5 Å². The van der Waals surface area contributed by atoms with E-state index in [0.717, 1.165) is 16.4 Å². The first-order valence-electron chi connectivity index (χ1n) is 7.18. The van der Waals surface area contributed by atoms with Gasteiger partial charge in [-0.1, -0.05) is 22.0 Å². The summed E-state index contributed by atoms with van der Waals surface area (Å²) in [5.74, 6) is -1.03. The molecule has 2 rings (SSSR count). The van der Waals surface area contributed by atoms with Gasteiger partial charge in [-0.05, 0) is 35.9 Å². The summed E-state index contributed by atoms with van der Waals surface area (Å²) in [5.41, 5.74) is 0.364. The van der Waals surface area contributed by atoms with Gasteiger partial charge in [0.15, 0.2) is 11.5 Å². The van der Waals surface area contributed by atoms with Crippen molar-refractivity contribution in [1.82, 2.24) is 4.31 Å². The zero-order chi connectivity index (χ0) is 19.5. The zero-order valence-corrected chi connectivity index (χ0v) is 16.2. The maximum atomic E-state index is 13.9. The summed E-state index contributed by atoms with van der Waals surface area (Å²) in [6.07, 6.45) is 0. The van der Waals surface area contributed by atoms with Gasteiger partial charge in [-0.3, -0.25) is 0 Å². The molecule has 0 saturated heterocycles. The molecule has 2 aromatic carbocycles. The van der Waals surface area contributed by atoms with Crippen LogP contribution in [0, 0.1) is 5.82 Å². The highest BCUT2D eigenvalue weighted by Gasteiger charge is 2.25. The van der Waals surface area contributed by atoms with Gasteiger partial charge in [0.25, 0.3) is 0 Å². The van der Waals surface area contributed by atoms with E-state index in [1.54, 1.807) is 0 Å². The molecule has 0 aromatic heterocycles. The van der Waals surface area contributed by atoms with Crippen LogP contribution in [0.5, 0.6) is 11.5 Å². The van der Waals surface area contributed by atoms with Crippen LogP contribution in [0.3, 0.4) is 0 Å². The second-order valence-corrected chi connectivity index (χ2v) is 8.13. The Balaban J connectivity index is 2.31. The van der Waals surface area contributed by atoms with Gasteiger partial charge in [0.2, 0.25) is 10.0 Å². The molecule has 0 N–H and O–H groups in total. The Hall–Kier alpha value is -1.78. The average Bonchev–Trinajstić information content (AvgIpc) is 2.56. The van der Waals surface area contributed by atoms with Gasteiger partial charge < -0.3 is 9.47 Å². The summed E-state index contributed by atoms with van der Waals surface area (Å²) >= 11 is 3.10. The second-order valence-electron chi connectivity index (χ2n) is 5.20. The Morgan fingerprint density at radius 2 is 1.85 bits per heavy atom. The third-order valence-electron chi connectivity index (χ3n) is 3.43. The number of benzene rings is 2. The van der Waals surface area contributed by atoms with Crippen LogP contribution in [0.25, 0.3) is 0 Å². The molecule has 0 heterocycles. The number of sulfonamides is 1. The summed E-state index contributed by atoms with van der Waals surface area (Å²) in [7, 11) is -1.58. The molecule has 0 aliphatic carbocycles. The number of nitrogens with zero attached hydrogens (tertiary/aromatic N) is 1. The molecular formula is C16H15BrF3NO4S. The average molecular weight is 454 g/mol. The van der Waals surface area contributed by atoms with E-state index < -0.39 is 27.3 Å². The van der Waals surface area contributed by atoms with Crippen molar-refractivity contribution in [3.63, 3.8) is 0 Å². The van der Waals surface area contributed by atoms with Crippen molar-refractivity contribution >= 4 is 26.0 Å². The Labute approximate surface area is 157 Å².